The van der Waals surface area contributed by atoms with Crippen molar-refractivity contribution in [3.63, 3.8) is 0 Å². The van der Waals surface area contributed by atoms with Crippen LogP contribution >= 0.6 is 11.8 Å². The van der Waals surface area contributed by atoms with E-state index in [0.29, 0.717) is 16.7 Å². The van der Waals surface area contributed by atoms with Crippen molar-refractivity contribution in [1.29, 1.82) is 5.26 Å². The van der Waals surface area contributed by atoms with Crippen LogP contribution in [-0.2, 0) is 17.6 Å². The van der Waals surface area contributed by atoms with Crippen LogP contribution in [0.3, 0.4) is 0 Å². The molecule has 134 valence electrons. The number of aromatic nitrogens is 1. The summed E-state index contributed by atoms with van der Waals surface area (Å²) < 4.78 is 26.5. The molecule has 0 saturated carbocycles. The van der Waals surface area contributed by atoms with Gasteiger partial charge >= 0.3 is 0 Å². The first-order valence-electron chi connectivity index (χ1n) is 8.37. The molecule has 0 spiro atoms. The number of aryl methyl sites for hydroxylation is 2. The molecule has 4 nitrogen and oxygen atoms in total. The van der Waals surface area contributed by atoms with Gasteiger partial charge in [-0.3, -0.25) is 4.79 Å². The van der Waals surface area contributed by atoms with Crippen LogP contribution in [0.5, 0.6) is 0 Å². The zero-order valence-electron chi connectivity index (χ0n) is 14.0. The van der Waals surface area contributed by atoms with Gasteiger partial charge in [0.15, 0.2) is 0 Å². The highest BCUT2D eigenvalue weighted by Gasteiger charge is 2.16. The summed E-state index contributed by atoms with van der Waals surface area (Å²) >= 11 is 1.15. The molecule has 1 N–H and O–H groups in total. The van der Waals surface area contributed by atoms with Gasteiger partial charge in [-0.15, -0.1) is 0 Å². The summed E-state index contributed by atoms with van der Waals surface area (Å²) in [6.07, 6.45) is 5.11. The minimum Gasteiger partial charge on any atom is -0.323 e. The minimum atomic E-state index is -0.829. The Bertz CT molecular complexity index is 880. The Hall–Kier alpha value is -2.46. The third-order valence-corrected chi connectivity index (χ3v) is 5.17. The maximum Gasteiger partial charge on any atom is 0.234 e. The Morgan fingerprint density at radius 2 is 2.04 bits per heavy atom. The fraction of sp³-hybridized carbons (Fsp3) is 0.316. The van der Waals surface area contributed by atoms with Gasteiger partial charge in [0.2, 0.25) is 5.91 Å². The van der Waals surface area contributed by atoms with E-state index in [1.165, 1.54) is 6.07 Å². The second-order valence-corrected chi connectivity index (χ2v) is 7.04. The topological polar surface area (TPSA) is 65.8 Å². The number of nitrogens with one attached hydrogen (secondary N) is 1. The molecule has 3 rings (SSSR count). The van der Waals surface area contributed by atoms with E-state index < -0.39 is 17.5 Å². The molecule has 0 atom stereocenters. The maximum absolute atomic E-state index is 13.6. The minimum absolute atomic E-state index is 0.0166. The summed E-state index contributed by atoms with van der Waals surface area (Å²) in [5.74, 6) is -2.00. The molecule has 7 heteroatoms. The Morgan fingerprint density at radius 1 is 1.23 bits per heavy atom. The summed E-state index contributed by atoms with van der Waals surface area (Å²) in [5.41, 5.74) is 2.49. The second-order valence-electron chi connectivity index (χ2n) is 6.08. The molecule has 0 aliphatic heterocycles. The van der Waals surface area contributed by atoms with Crippen molar-refractivity contribution < 1.29 is 13.6 Å². The van der Waals surface area contributed by atoms with E-state index in [9.17, 15) is 18.8 Å². The summed E-state index contributed by atoms with van der Waals surface area (Å²) in [6.45, 7) is 0. The van der Waals surface area contributed by atoms with Crippen LogP contribution in [0.1, 0.15) is 36.1 Å². The van der Waals surface area contributed by atoms with E-state index in [4.69, 9.17) is 0 Å². The first kappa shape index (κ1) is 18.3. The number of hydrogen-bond acceptors (Lipinski definition) is 4. The number of halogens is 2. The number of amides is 1. The number of rotatable bonds is 4. The van der Waals surface area contributed by atoms with Crippen LogP contribution in [0.25, 0.3) is 0 Å². The van der Waals surface area contributed by atoms with Gasteiger partial charge in [0.05, 0.1) is 17.0 Å². The van der Waals surface area contributed by atoms with Crippen molar-refractivity contribution in [2.45, 2.75) is 37.1 Å². The van der Waals surface area contributed by atoms with E-state index in [-0.39, 0.29) is 11.4 Å². The maximum atomic E-state index is 13.6. The van der Waals surface area contributed by atoms with Crippen LogP contribution in [0.4, 0.5) is 14.5 Å². The quantitative estimate of drug-likeness (QED) is 0.643. The molecule has 1 amide bonds. The first-order valence-corrected chi connectivity index (χ1v) is 9.36. The van der Waals surface area contributed by atoms with Crippen molar-refractivity contribution >= 4 is 23.4 Å². The first-order chi connectivity index (χ1) is 12.6. The molecular formula is C19H17F2N3OS. The second kappa shape index (κ2) is 8.28. The number of thioether (sulfide) groups is 1. The standard InChI is InChI=1S/C19H17F2N3OS/c20-14-6-7-17(15(21)9-14)23-18(25)11-26-19-13(10-22)8-12-4-2-1-3-5-16(12)24-19/h6-9H,1-5,11H2,(H,23,25). The van der Waals surface area contributed by atoms with Crippen molar-refractivity contribution in [2.75, 3.05) is 11.1 Å². The predicted molar refractivity (Wildman–Crippen MR) is 95.9 cm³/mol. The van der Waals surface area contributed by atoms with Crippen LogP contribution in [0.15, 0.2) is 29.3 Å². The Labute approximate surface area is 154 Å². The van der Waals surface area contributed by atoms with Gasteiger partial charge in [-0.1, -0.05) is 18.2 Å². The van der Waals surface area contributed by atoms with Crippen LogP contribution in [0.2, 0.25) is 0 Å². The SMILES string of the molecule is N#Cc1cc2c(nc1SCC(=O)Nc1ccc(F)cc1F)CCCCC2. The summed E-state index contributed by atoms with van der Waals surface area (Å²) in [4.78, 5) is 16.7. The van der Waals surface area contributed by atoms with Gasteiger partial charge in [0.25, 0.3) is 0 Å². The monoisotopic (exact) mass is 373 g/mol. The van der Waals surface area contributed by atoms with Gasteiger partial charge in [-0.2, -0.15) is 5.26 Å². The highest BCUT2D eigenvalue weighted by molar-refractivity contribution is 8.00. The lowest BCUT2D eigenvalue weighted by molar-refractivity contribution is -0.113. The molecule has 1 aromatic heterocycles. The highest BCUT2D eigenvalue weighted by Crippen LogP contribution is 2.27. The molecule has 0 radical (unpaired) electrons. The number of nitrogens with zero attached hydrogens (tertiary/aromatic N) is 2. The zero-order chi connectivity index (χ0) is 18.5. The number of fused-ring (bicyclic) bond motifs is 1. The average molecular weight is 373 g/mol. The summed E-state index contributed by atoms with van der Waals surface area (Å²) in [6, 6.07) is 6.97. The average Bonchev–Trinajstić information content (AvgIpc) is 2.86. The lowest BCUT2D eigenvalue weighted by atomic mass is 10.1. The Morgan fingerprint density at radius 3 is 2.81 bits per heavy atom. The number of anilines is 1. The molecule has 0 saturated heterocycles. The third-order valence-electron chi connectivity index (χ3n) is 4.18. The summed E-state index contributed by atoms with van der Waals surface area (Å²) in [5, 5.41) is 12.3. The van der Waals surface area contributed by atoms with Gasteiger partial charge in [-0.05, 0) is 49.4 Å². The van der Waals surface area contributed by atoms with Crippen LogP contribution in [-0.4, -0.2) is 16.6 Å². The van der Waals surface area contributed by atoms with Crippen molar-refractivity contribution in [3.8, 4) is 6.07 Å². The highest BCUT2D eigenvalue weighted by atomic mass is 32.2. The number of carbonyl (C=O) groups is 1. The van der Waals surface area contributed by atoms with Crippen molar-refractivity contribution in [3.05, 3.63) is 52.7 Å². The van der Waals surface area contributed by atoms with E-state index in [1.54, 1.807) is 0 Å². The summed E-state index contributed by atoms with van der Waals surface area (Å²) in [7, 11) is 0. The Kier molecular flexibility index (Phi) is 5.84. The van der Waals surface area contributed by atoms with Gasteiger partial charge in [0.1, 0.15) is 22.7 Å². The number of pyridine rings is 1. The zero-order valence-corrected chi connectivity index (χ0v) is 14.8. The van der Waals surface area contributed by atoms with E-state index in [2.05, 4.69) is 16.4 Å². The molecular weight excluding hydrogens is 356 g/mol. The van der Waals surface area contributed by atoms with E-state index in [0.717, 1.165) is 61.2 Å². The Balaban J connectivity index is 1.69. The van der Waals surface area contributed by atoms with E-state index in [1.807, 2.05) is 6.07 Å². The normalized spacial score (nSPS) is 13.4. The predicted octanol–water partition coefficient (Wildman–Crippen LogP) is 4.23. The van der Waals surface area contributed by atoms with Gasteiger partial charge in [-0.25, -0.2) is 13.8 Å². The van der Waals surface area contributed by atoms with Crippen LogP contribution in [0, 0.1) is 23.0 Å². The van der Waals surface area contributed by atoms with Crippen molar-refractivity contribution in [2.24, 2.45) is 0 Å². The number of benzene rings is 1. The lowest BCUT2D eigenvalue weighted by Crippen LogP contribution is -2.15. The van der Waals surface area contributed by atoms with Crippen LogP contribution < -0.4 is 5.32 Å². The fourth-order valence-corrected chi connectivity index (χ4v) is 3.67. The lowest BCUT2D eigenvalue weighted by Gasteiger charge is -2.10. The molecule has 1 aliphatic carbocycles. The largest absolute Gasteiger partial charge is 0.323 e. The van der Waals surface area contributed by atoms with Gasteiger partial charge < -0.3 is 5.32 Å². The molecule has 26 heavy (non-hydrogen) atoms. The molecule has 0 fully saturated rings. The number of carbonyl (C=O) groups excluding carboxylic acids is 1. The molecule has 1 heterocycles. The molecule has 0 bridgehead atoms. The molecule has 0 unspecified atom stereocenters. The van der Waals surface area contributed by atoms with Crippen molar-refractivity contribution in [1.82, 2.24) is 4.98 Å². The smallest absolute Gasteiger partial charge is 0.234 e. The fourth-order valence-electron chi connectivity index (χ4n) is 2.89. The molecule has 1 aromatic carbocycles. The molecule has 1 aliphatic rings. The third kappa shape index (κ3) is 4.38. The van der Waals surface area contributed by atoms with E-state index >= 15 is 0 Å². The van der Waals surface area contributed by atoms with Gasteiger partial charge in [0, 0.05) is 11.8 Å². The number of hydrogen-bond donors (Lipinski definition) is 1. The molecule has 2 aromatic rings. The number of nitriles is 1.